The fraction of sp³-hybridized carbons (Fsp3) is 0.867. The molecule has 1 rings (SSSR count). The maximum atomic E-state index is 14.5. The number of nitrogens with zero attached hydrogens (tertiary/aromatic N) is 2. The average Bonchev–Trinajstić information content (AvgIpc) is 3.15. The van der Waals surface area contributed by atoms with Crippen LogP contribution in [0.3, 0.4) is 0 Å². The number of esters is 4. The largest absolute Gasteiger partial charge is 0.464 e. The molecule has 1 aliphatic rings. The highest BCUT2D eigenvalue weighted by atomic mass is 16.5. The summed E-state index contributed by atoms with van der Waals surface area (Å²) in [6.07, 6.45) is 10.7. The molecule has 1 amide bonds. The van der Waals surface area contributed by atoms with Crippen molar-refractivity contribution in [3.05, 3.63) is 0 Å². The summed E-state index contributed by atoms with van der Waals surface area (Å²) >= 11 is 0. The van der Waals surface area contributed by atoms with Crippen molar-refractivity contribution in [2.75, 3.05) is 65.7 Å². The molecule has 14 heteroatoms. The van der Waals surface area contributed by atoms with Crippen molar-refractivity contribution in [3.8, 4) is 0 Å². The molecule has 3 N–H and O–H groups in total. The van der Waals surface area contributed by atoms with Crippen LogP contribution in [0.4, 0.5) is 0 Å². The summed E-state index contributed by atoms with van der Waals surface area (Å²) in [6.45, 7) is 16.5. The van der Waals surface area contributed by atoms with Gasteiger partial charge in [-0.25, -0.2) is 0 Å². The Morgan fingerprint density at radius 3 is 1.42 bits per heavy atom. The van der Waals surface area contributed by atoms with Crippen LogP contribution in [0.5, 0.6) is 0 Å². The number of amides is 1. The fourth-order valence-corrected chi connectivity index (χ4v) is 6.81. The highest BCUT2D eigenvalue weighted by Crippen LogP contribution is 2.25. The van der Waals surface area contributed by atoms with Crippen LogP contribution in [0, 0.1) is 29.6 Å². The van der Waals surface area contributed by atoms with Crippen LogP contribution in [-0.2, 0) is 47.7 Å². The minimum atomic E-state index is -0.955. The second-order valence-corrected chi connectivity index (χ2v) is 18.1. The molecule has 0 aromatic carbocycles. The SMILES string of the molecule is CC(C)COC(=O)CN(CCCCC[C@@H](C(=O)N[C@@H](CCCCN)C(=O)C1CCCCCCC1)N(CC(=O)OCC(C)C)CC(=O)OCC(C)C)CC(=O)OCC(C)C. The molecule has 0 heterocycles. The Kier molecular flexibility index (Phi) is 29.0. The normalized spacial score (nSPS) is 15.0. The lowest BCUT2D eigenvalue weighted by Gasteiger charge is -2.32. The van der Waals surface area contributed by atoms with E-state index in [0.29, 0.717) is 51.6 Å². The summed E-state index contributed by atoms with van der Waals surface area (Å²) in [5.41, 5.74) is 5.82. The number of hydrogen-bond donors (Lipinski definition) is 2. The molecule has 342 valence electrons. The molecule has 0 aromatic heterocycles. The number of nitrogens with one attached hydrogen (secondary N) is 1. The van der Waals surface area contributed by atoms with Crippen molar-refractivity contribution in [2.45, 2.75) is 157 Å². The number of rotatable bonds is 31. The molecule has 1 aliphatic carbocycles. The van der Waals surface area contributed by atoms with Crippen LogP contribution in [-0.4, -0.2) is 123 Å². The maximum absolute atomic E-state index is 14.5. The third-order valence-corrected chi connectivity index (χ3v) is 9.99. The first kappa shape index (κ1) is 53.9. The Balaban J connectivity index is 3.35. The van der Waals surface area contributed by atoms with Gasteiger partial charge in [0.15, 0.2) is 5.78 Å². The van der Waals surface area contributed by atoms with E-state index in [1.165, 1.54) is 11.3 Å². The van der Waals surface area contributed by atoms with Gasteiger partial charge < -0.3 is 30.0 Å². The summed E-state index contributed by atoms with van der Waals surface area (Å²) in [5, 5.41) is 3.09. The highest BCUT2D eigenvalue weighted by molar-refractivity contribution is 5.92. The van der Waals surface area contributed by atoms with Crippen molar-refractivity contribution in [3.63, 3.8) is 0 Å². The van der Waals surface area contributed by atoms with Crippen molar-refractivity contribution < 1.29 is 47.7 Å². The Hall–Kier alpha value is -3.10. The molecule has 0 radical (unpaired) electrons. The van der Waals surface area contributed by atoms with Crippen LogP contribution in [0.25, 0.3) is 0 Å². The summed E-state index contributed by atoms with van der Waals surface area (Å²) in [7, 11) is 0. The van der Waals surface area contributed by atoms with E-state index in [0.717, 1.165) is 38.5 Å². The van der Waals surface area contributed by atoms with Gasteiger partial charge in [0.05, 0.1) is 64.7 Å². The quantitative estimate of drug-likeness (QED) is 0.0482. The van der Waals surface area contributed by atoms with E-state index < -0.39 is 41.9 Å². The van der Waals surface area contributed by atoms with Crippen LogP contribution < -0.4 is 11.1 Å². The molecule has 14 nitrogen and oxygen atoms in total. The van der Waals surface area contributed by atoms with Crippen molar-refractivity contribution in [1.29, 1.82) is 0 Å². The average molecular weight is 839 g/mol. The summed E-state index contributed by atoms with van der Waals surface area (Å²) in [4.78, 5) is 83.6. The van der Waals surface area contributed by atoms with Crippen molar-refractivity contribution in [1.82, 2.24) is 15.1 Å². The third kappa shape index (κ3) is 26.7. The van der Waals surface area contributed by atoms with E-state index in [2.05, 4.69) is 5.32 Å². The van der Waals surface area contributed by atoms with Crippen LogP contribution >= 0.6 is 0 Å². The Morgan fingerprint density at radius 2 is 0.983 bits per heavy atom. The van der Waals surface area contributed by atoms with Gasteiger partial charge in [0.25, 0.3) is 0 Å². The first-order valence-corrected chi connectivity index (χ1v) is 22.6. The molecule has 1 saturated carbocycles. The Bertz CT molecular complexity index is 1170. The lowest BCUT2D eigenvalue weighted by Crippen LogP contribution is -2.54. The third-order valence-electron chi connectivity index (χ3n) is 9.99. The predicted octanol–water partition coefficient (Wildman–Crippen LogP) is 5.86. The number of unbranched alkanes of at least 4 members (excludes halogenated alkanes) is 3. The van der Waals surface area contributed by atoms with Gasteiger partial charge in [0.1, 0.15) is 0 Å². The summed E-state index contributed by atoms with van der Waals surface area (Å²) < 4.78 is 21.8. The van der Waals surface area contributed by atoms with Crippen molar-refractivity contribution in [2.24, 2.45) is 35.3 Å². The second-order valence-electron chi connectivity index (χ2n) is 18.1. The fourth-order valence-electron chi connectivity index (χ4n) is 6.81. The second kappa shape index (κ2) is 31.7. The molecule has 0 aromatic rings. The lowest BCUT2D eigenvalue weighted by molar-refractivity contribution is -0.153. The number of nitrogens with two attached hydrogens (primary N) is 1. The highest BCUT2D eigenvalue weighted by Gasteiger charge is 2.34. The van der Waals surface area contributed by atoms with Gasteiger partial charge in [-0.15, -0.1) is 0 Å². The molecule has 0 bridgehead atoms. The zero-order valence-electron chi connectivity index (χ0n) is 38.1. The summed E-state index contributed by atoms with van der Waals surface area (Å²) in [6, 6.07) is -1.67. The molecular formula is C45H82N4O10. The van der Waals surface area contributed by atoms with Gasteiger partial charge in [-0.2, -0.15) is 0 Å². The van der Waals surface area contributed by atoms with E-state index in [9.17, 15) is 28.8 Å². The van der Waals surface area contributed by atoms with E-state index >= 15 is 0 Å². The molecule has 59 heavy (non-hydrogen) atoms. The Morgan fingerprint density at radius 1 is 0.559 bits per heavy atom. The molecule has 0 saturated heterocycles. The van der Waals surface area contributed by atoms with Gasteiger partial charge >= 0.3 is 23.9 Å². The minimum absolute atomic E-state index is 0.0363. The lowest BCUT2D eigenvalue weighted by atomic mass is 9.84. The number of carbonyl (C=O) groups is 6. The summed E-state index contributed by atoms with van der Waals surface area (Å²) in [5.74, 6) is -2.01. The molecule has 0 aliphatic heterocycles. The molecule has 0 spiro atoms. The van der Waals surface area contributed by atoms with E-state index in [1.807, 2.05) is 55.4 Å². The number of carbonyl (C=O) groups excluding carboxylic acids is 6. The molecule has 2 atom stereocenters. The Labute approximate surface area is 356 Å². The van der Waals surface area contributed by atoms with Crippen LogP contribution in [0.1, 0.15) is 145 Å². The predicted molar refractivity (Wildman–Crippen MR) is 229 cm³/mol. The van der Waals surface area contributed by atoms with Gasteiger partial charge in [-0.1, -0.05) is 100 Å². The molecule has 0 unspecified atom stereocenters. The standard InChI is InChI=1S/C45H82N4O10/c1-33(2)29-56-40(50)25-48(26-41(51)57-30-34(3)4)24-18-12-15-22-39(49(27-42(52)58-31-35(5)6)28-43(53)59-32-36(7)8)45(55)47-38(21-16-17-23-46)44(54)37-19-13-10-9-11-14-20-37/h33-39H,9-32,46H2,1-8H3,(H,47,55)/t38-,39-/m0/s1. The van der Waals surface area contributed by atoms with Crippen molar-refractivity contribution >= 4 is 35.6 Å². The maximum Gasteiger partial charge on any atom is 0.320 e. The van der Waals surface area contributed by atoms with Crippen LogP contribution in [0.2, 0.25) is 0 Å². The zero-order valence-corrected chi connectivity index (χ0v) is 38.1. The van der Waals surface area contributed by atoms with Gasteiger partial charge in [0.2, 0.25) is 5.91 Å². The number of ether oxygens (including phenoxy) is 4. The number of Topliss-reactive ketones (excluding diaryl/α,β-unsaturated/α-hetero) is 1. The van der Waals surface area contributed by atoms with Gasteiger partial charge in [0, 0.05) is 5.92 Å². The number of ketones is 1. The van der Waals surface area contributed by atoms with Gasteiger partial charge in [-0.3, -0.25) is 38.6 Å². The first-order valence-electron chi connectivity index (χ1n) is 22.6. The minimum Gasteiger partial charge on any atom is -0.464 e. The van der Waals surface area contributed by atoms with E-state index in [1.54, 1.807) is 4.90 Å². The van der Waals surface area contributed by atoms with Gasteiger partial charge in [-0.05, 0) is 81.7 Å². The molecular weight excluding hydrogens is 757 g/mol. The van der Waals surface area contributed by atoms with Crippen LogP contribution in [0.15, 0.2) is 0 Å². The van der Waals surface area contributed by atoms with E-state index in [4.69, 9.17) is 24.7 Å². The zero-order chi connectivity index (χ0) is 44.2. The monoisotopic (exact) mass is 839 g/mol. The number of hydrogen-bond acceptors (Lipinski definition) is 13. The first-order chi connectivity index (χ1) is 28.0. The van der Waals surface area contributed by atoms with E-state index in [-0.39, 0.29) is 94.4 Å². The molecule has 1 fully saturated rings. The smallest absolute Gasteiger partial charge is 0.320 e. The topological polar surface area (TPSA) is 184 Å².